The minimum Gasteiger partial charge on any atom is -0.475 e. The maximum absolute atomic E-state index is 11.2. The molecule has 0 fully saturated rings. The number of fused-ring (bicyclic) bond motifs is 3. The first-order chi connectivity index (χ1) is 10.7. The van der Waals surface area contributed by atoms with Gasteiger partial charge in [-0.25, -0.2) is 4.79 Å². The Hall–Kier alpha value is -3.07. The van der Waals surface area contributed by atoms with E-state index in [1.54, 1.807) is 6.07 Å². The largest absolute Gasteiger partial charge is 0.475 e. The Bertz CT molecular complexity index is 1010. The number of carboxylic acid groups (broad SMARTS) is 1. The van der Waals surface area contributed by atoms with E-state index in [-0.39, 0.29) is 5.76 Å². The van der Waals surface area contributed by atoms with Gasteiger partial charge in [0.1, 0.15) is 0 Å². The van der Waals surface area contributed by atoms with E-state index in [1.807, 2.05) is 30.3 Å². The Morgan fingerprint density at radius 1 is 0.864 bits per heavy atom. The Balaban J connectivity index is 2.02. The molecular formula is C19H12O3. The summed E-state index contributed by atoms with van der Waals surface area (Å²) >= 11 is 0. The zero-order valence-electron chi connectivity index (χ0n) is 11.6. The van der Waals surface area contributed by atoms with Gasteiger partial charge < -0.3 is 9.52 Å². The summed E-state index contributed by atoms with van der Waals surface area (Å²) in [6.45, 7) is 0. The molecule has 0 aliphatic heterocycles. The molecule has 0 atom stereocenters. The van der Waals surface area contributed by atoms with E-state index in [1.165, 1.54) is 6.26 Å². The van der Waals surface area contributed by atoms with Gasteiger partial charge in [0.05, 0.1) is 6.26 Å². The molecule has 0 aliphatic rings. The summed E-state index contributed by atoms with van der Waals surface area (Å²) in [5, 5.41) is 13.8. The van der Waals surface area contributed by atoms with E-state index in [2.05, 4.69) is 24.3 Å². The van der Waals surface area contributed by atoms with Gasteiger partial charge in [-0.3, -0.25) is 0 Å². The zero-order chi connectivity index (χ0) is 15.1. The lowest BCUT2D eigenvalue weighted by Crippen LogP contribution is -1.95. The van der Waals surface area contributed by atoms with Gasteiger partial charge in [0.2, 0.25) is 5.76 Å². The first kappa shape index (κ1) is 12.7. The fourth-order valence-electron chi connectivity index (χ4n) is 2.87. The molecular weight excluding hydrogens is 276 g/mol. The fraction of sp³-hybridized carbons (Fsp3) is 0. The Morgan fingerprint density at radius 3 is 2.41 bits per heavy atom. The van der Waals surface area contributed by atoms with Crippen molar-refractivity contribution < 1.29 is 14.3 Å². The van der Waals surface area contributed by atoms with Crippen molar-refractivity contribution in [2.45, 2.75) is 0 Å². The van der Waals surface area contributed by atoms with E-state index in [0.29, 0.717) is 5.56 Å². The second-order valence-corrected chi connectivity index (χ2v) is 5.19. The summed E-state index contributed by atoms with van der Waals surface area (Å²) in [5.41, 5.74) is 1.44. The molecule has 106 valence electrons. The summed E-state index contributed by atoms with van der Waals surface area (Å²) < 4.78 is 5.08. The lowest BCUT2D eigenvalue weighted by atomic mass is 9.97. The quantitative estimate of drug-likeness (QED) is 0.531. The molecule has 0 radical (unpaired) electrons. The van der Waals surface area contributed by atoms with Gasteiger partial charge in [0.15, 0.2) is 0 Å². The zero-order valence-corrected chi connectivity index (χ0v) is 11.6. The molecule has 3 nitrogen and oxygen atoms in total. The van der Waals surface area contributed by atoms with Crippen molar-refractivity contribution in [2.24, 2.45) is 0 Å². The molecule has 1 heterocycles. The van der Waals surface area contributed by atoms with Crippen LogP contribution in [0.3, 0.4) is 0 Å². The third-order valence-corrected chi connectivity index (χ3v) is 3.92. The minimum absolute atomic E-state index is 0.0282. The lowest BCUT2D eigenvalue weighted by molar-refractivity contribution is 0.0663. The molecule has 0 amide bonds. The summed E-state index contributed by atoms with van der Waals surface area (Å²) in [6.07, 6.45) is 1.41. The summed E-state index contributed by atoms with van der Waals surface area (Å²) in [7, 11) is 0. The average molecular weight is 288 g/mol. The van der Waals surface area contributed by atoms with Crippen molar-refractivity contribution >= 4 is 27.5 Å². The van der Waals surface area contributed by atoms with Gasteiger partial charge in [0.25, 0.3) is 0 Å². The number of rotatable bonds is 2. The van der Waals surface area contributed by atoms with Gasteiger partial charge in [-0.2, -0.15) is 0 Å². The smallest absolute Gasteiger partial charge is 0.372 e. The van der Waals surface area contributed by atoms with Crippen molar-refractivity contribution in [3.05, 3.63) is 72.7 Å². The summed E-state index contributed by atoms with van der Waals surface area (Å²) in [4.78, 5) is 11.2. The molecule has 1 aromatic heterocycles. The number of carbonyl (C=O) groups is 1. The molecule has 3 aromatic carbocycles. The van der Waals surface area contributed by atoms with Crippen LogP contribution in [-0.4, -0.2) is 11.1 Å². The fourth-order valence-corrected chi connectivity index (χ4v) is 2.87. The van der Waals surface area contributed by atoms with E-state index in [9.17, 15) is 9.90 Å². The molecule has 4 rings (SSSR count). The predicted octanol–water partition coefficient (Wildman–Crippen LogP) is 4.95. The topological polar surface area (TPSA) is 50.4 Å². The maximum Gasteiger partial charge on any atom is 0.372 e. The average Bonchev–Trinajstić information content (AvgIpc) is 3.04. The van der Waals surface area contributed by atoms with Crippen LogP contribution in [-0.2, 0) is 0 Å². The number of furan rings is 1. The van der Waals surface area contributed by atoms with Gasteiger partial charge in [0, 0.05) is 5.56 Å². The standard InChI is InChI=1S/C19H12O3/c20-19(21)18-16(9-10-22-18)14-8-7-13-6-5-12-3-1-2-4-15(12)17(13)11-14/h1-11H,(H,20,21). The van der Waals surface area contributed by atoms with Crippen LogP contribution in [0.2, 0.25) is 0 Å². The van der Waals surface area contributed by atoms with Crippen molar-refractivity contribution in [1.29, 1.82) is 0 Å². The van der Waals surface area contributed by atoms with Gasteiger partial charge in [-0.15, -0.1) is 0 Å². The SMILES string of the molecule is O=C(O)c1occc1-c1ccc2ccc3ccccc3c2c1. The molecule has 1 N–H and O–H groups in total. The molecule has 22 heavy (non-hydrogen) atoms. The number of carboxylic acids is 1. The molecule has 0 aliphatic carbocycles. The van der Waals surface area contributed by atoms with Crippen molar-refractivity contribution in [1.82, 2.24) is 0 Å². The highest BCUT2D eigenvalue weighted by molar-refractivity contribution is 6.09. The Labute approximate surface area is 126 Å². The van der Waals surface area contributed by atoms with Gasteiger partial charge >= 0.3 is 5.97 Å². The molecule has 3 heteroatoms. The Morgan fingerprint density at radius 2 is 1.59 bits per heavy atom. The predicted molar refractivity (Wildman–Crippen MR) is 86.1 cm³/mol. The number of benzene rings is 3. The number of hydrogen-bond donors (Lipinski definition) is 1. The number of aromatic carboxylic acids is 1. The molecule has 0 bridgehead atoms. The van der Waals surface area contributed by atoms with E-state index in [4.69, 9.17) is 4.42 Å². The highest BCUT2D eigenvalue weighted by Crippen LogP contribution is 2.31. The van der Waals surface area contributed by atoms with Crippen LogP contribution >= 0.6 is 0 Å². The lowest BCUT2D eigenvalue weighted by Gasteiger charge is -2.06. The molecule has 0 saturated carbocycles. The molecule has 0 unspecified atom stereocenters. The van der Waals surface area contributed by atoms with E-state index < -0.39 is 5.97 Å². The van der Waals surface area contributed by atoms with Crippen molar-refractivity contribution in [2.75, 3.05) is 0 Å². The van der Waals surface area contributed by atoms with Crippen LogP contribution in [0.1, 0.15) is 10.6 Å². The van der Waals surface area contributed by atoms with Crippen molar-refractivity contribution in [3.8, 4) is 11.1 Å². The third-order valence-electron chi connectivity index (χ3n) is 3.92. The number of hydrogen-bond acceptors (Lipinski definition) is 2. The van der Waals surface area contributed by atoms with Crippen LogP contribution in [0.4, 0.5) is 0 Å². The minimum atomic E-state index is -1.06. The molecule has 0 spiro atoms. The first-order valence-corrected chi connectivity index (χ1v) is 6.97. The second-order valence-electron chi connectivity index (χ2n) is 5.19. The van der Waals surface area contributed by atoms with Crippen LogP contribution in [0.15, 0.2) is 71.3 Å². The second kappa shape index (κ2) is 4.74. The third kappa shape index (κ3) is 1.87. The summed E-state index contributed by atoms with van der Waals surface area (Å²) in [6, 6.07) is 20.0. The van der Waals surface area contributed by atoms with Crippen LogP contribution in [0.5, 0.6) is 0 Å². The van der Waals surface area contributed by atoms with E-state index in [0.717, 1.165) is 27.1 Å². The highest BCUT2D eigenvalue weighted by Gasteiger charge is 2.15. The molecule has 0 saturated heterocycles. The maximum atomic E-state index is 11.2. The van der Waals surface area contributed by atoms with Crippen LogP contribution in [0.25, 0.3) is 32.7 Å². The molecule has 4 aromatic rings. The van der Waals surface area contributed by atoms with Gasteiger partial charge in [-0.05, 0) is 39.2 Å². The van der Waals surface area contributed by atoms with Crippen molar-refractivity contribution in [3.63, 3.8) is 0 Å². The monoisotopic (exact) mass is 288 g/mol. The van der Waals surface area contributed by atoms with Gasteiger partial charge in [-0.1, -0.05) is 48.5 Å². The van der Waals surface area contributed by atoms with Crippen LogP contribution < -0.4 is 0 Å². The Kier molecular flexibility index (Phi) is 2.73. The summed E-state index contributed by atoms with van der Waals surface area (Å²) in [5.74, 6) is -1.09. The first-order valence-electron chi connectivity index (χ1n) is 6.97. The highest BCUT2D eigenvalue weighted by atomic mass is 16.4. The van der Waals surface area contributed by atoms with E-state index >= 15 is 0 Å². The van der Waals surface area contributed by atoms with Crippen LogP contribution in [0, 0.1) is 0 Å². The normalized spacial score (nSPS) is 11.1.